The number of hydrogen-bond donors (Lipinski definition) is 5. The van der Waals surface area contributed by atoms with Gasteiger partial charge in [0.2, 0.25) is 5.91 Å². The van der Waals surface area contributed by atoms with E-state index in [0.717, 1.165) is 29.4 Å². The molecule has 1 unspecified atom stereocenters. The minimum absolute atomic E-state index is 0.0679. The van der Waals surface area contributed by atoms with Crippen molar-refractivity contribution >= 4 is 56.1 Å². The number of nitrogen functional groups attached to an aromatic ring is 1. The number of thioether (sulfide) groups is 1. The van der Waals surface area contributed by atoms with Gasteiger partial charge in [-0.15, -0.1) is 0 Å². The number of pyridine rings is 1. The summed E-state index contributed by atoms with van der Waals surface area (Å²) in [4.78, 5) is 47.5. The van der Waals surface area contributed by atoms with Gasteiger partial charge in [-0.25, -0.2) is 9.97 Å². The minimum atomic E-state index is -0.867. The van der Waals surface area contributed by atoms with E-state index in [0.29, 0.717) is 41.8 Å². The van der Waals surface area contributed by atoms with Crippen LogP contribution in [-0.2, 0) is 29.6 Å². The van der Waals surface area contributed by atoms with Crippen LogP contribution in [0.3, 0.4) is 0 Å². The highest BCUT2D eigenvalue weighted by molar-refractivity contribution is 8.28. The predicted octanol–water partition coefficient (Wildman–Crippen LogP) is 3.61. The van der Waals surface area contributed by atoms with Gasteiger partial charge in [-0.05, 0) is 36.2 Å². The molecule has 13 heteroatoms. The van der Waals surface area contributed by atoms with E-state index in [1.54, 1.807) is 24.4 Å². The number of anilines is 2. The summed E-state index contributed by atoms with van der Waals surface area (Å²) in [7, 11) is 1.87. The second kappa shape index (κ2) is 13.3. The van der Waals surface area contributed by atoms with Gasteiger partial charge in [0.05, 0.1) is 18.3 Å². The SMILES string of the molecule is C=C(/C=C\C=C/CCC)C(=N)SC(=N)C(=O)Nc1cnc2n(c1=O)C(C(=O)NCc1cc3cnc(N)cc3n1C)CC2. The van der Waals surface area contributed by atoms with Gasteiger partial charge in [-0.1, -0.05) is 44.2 Å². The van der Waals surface area contributed by atoms with Crippen molar-refractivity contribution in [2.24, 2.45) is 7.05 Å². The van der Waals surface area contributed by atoms with Gasteiger partial charge in [0, 0.05) is 36.8 Å². The molecule has 0 saturated heterocycles. The molecule has 12 nitrogen and oxygen atoms in total. The number of hydrogen-bond acceptors (Lipinski definition) is 9. The number of aryl methyl sites for hydroxylation is 2. The maximum absolute atomic E-state index is 13.3. The minimum Gasteiger partial charge on any atom is -0.384 e. The van der Waals surface area contributed by atoms with Crippen molar-refractivity contribution in [3.63, 3.8) is 0 Å². The number of aromatic nitrogens is 4. The Hall–Kier alpha value is -4.78. The molecule has 4 heterocycles. The first-order valence-corrected chi connectivity index (χ1v) is 14.2. The second-order valence-corrected chi connectivity index (χ2v) is 10.7. The van der Waals surface area contributed by atoms with Crippen molar-refractivity contribution in [3.8, 4) is 0 Å². The number of rotatable bonds is 9. The van der Waals surface area contributed by atoms with E-state index in [4.69, 9.17) is 16.6 Å². The topological polar surface area (TPSA) is 185 Å². The third-order valence-corrected chi connectivity index (χ3v) is 7.62. The summed E-state index contributed by atoms with van der Waals surface area (Å²) in [6.45, 7) is 6.09. The Morgan fingerprint density at radius 3 is 2.76 bits per heavy atom. The van der Waals surface area contributed by atoms with E-state index in [1.165, 1.54) is 10.8 Å². The first kappa shape index (κ1) is 30.2. The predicted molar refractivity (Wildman–Crippen MR) is 167 cm³/mol. The average Bonchev–Trinajstić information content (AvgIpc) is 3.54. The number of nitrogens with zero attached hydrogens (tertiary/aromatic N) is 4. The van der Waals surface area contributed by atoms with Crippen molar-refractivity contribution in [1.29, 1.82) is 10.8 Å². The Kier molecular flexibility index (Phi) is 9.53. The number of amides is 2. The third-order valence-electron chi connectivity index (χ3n) is 6.77. The molecule has 6 N–H and O–H groups in total. The highest BCUT2D eigenvalue weighted by Crippen LogP contribution is 2.24. The van der Waals surface area contributed by atoms with Crippen LogP contribution in [0.5, 0.6) is 0 Å². The number of fused-ring (bicyclic) bond motifs is 2. The quantitative estimate of drug-likeness (QED) is 0.144. The largest absolute Gasteiger partial charge is 0.384 e. The van der Waals surface area contributed by atoms with E-state index in [-0.39, 0.29) is 23.2 Å². The number of unbranched alkanes of at least 4 members (excludes halogenated alkanes) is 1. The number of carbonyl (C=O) groups is 2. The summed E-state index contributed by atoms with van der Waals surface area (Å²) >= 11 is 0.621. The number of allylic oxidation sites excluding steroid dienone is 4. The zero-order valence-corrected chi connectivity index (χ0v) is 24.3. The highest BCUT2D eigenvalue weighted by atomic mass is 32.2. The van der Waals surface area contributed by atoms with E-state index in [1.807, 2.05) is 29.8 Å². The smallest absolute Gasteiger partial charge is 0.280 e. The number of carbonyl (C=O) groups excluding carboxylic acids is 2. The number of nitrogens with one attached hydrogen (secondary N) is 4. The van der Waals surface area contributed by atoms with Gasteiger partial charge in [0.1, 0.15) is 28.4 Å². The van der Waals surface area contributed by atoms with E-state index in [2.05, 4.69) is 34.1 Å². The van der Waals surface area contributed by atoms with Crippen LogP contribution in [-0.4, -0.2) is 41.0 Å². The molecule has 1 aliphatic heterocycles. The van der Waals surface area contributed by atoms with E-state index >= 15 is 0 Å². The summed E-state index contributed by atoms with van der Waals surface area (Å²) in [5, 5.41) is 21.9. The lowest BCUT2D eigenvalue weighted by molar-refractivity contribution is -0.124. The third kappa shape index (κ3) is 6.74. The molecular weight excluding hydrogens is 554 g/mol. The lowest BCUT2D eigenvalue weighted by Crippen LogP contribution is -2.37. The molecule has 2 amide bonds. The first-order valence-electron chi connectivity index (χ1n) is 13.4. The molecule has 1 atom stereocenters. The zero-order valence-electron chi connectivity index (χ0n) is 23.4. The van der Waals surface area contributed by atoms with Gasteiger partial charge in [0.15, 0.2) is 5.04 Å². The molecule has 1 aliphatic rings. The Morgan fingerprint density at radius 1 is 1.21 bits per heavy atom. The molecule has 0 aliphatic carbocycles. The van der Waals surface area contributed by atoms with Crippen molar-refractivity contribution in [2.45, 2.75) is 45.2 Å². The van der Waals surface area contributed by atoms with Crippen molar-refractivity contribution in [2.75, 3.05) is 11.1 Å². The fourth-order valence-electron chi connectivity index (χ4n) is 4.49. The molecule has 0 aromatic carbocycles. The lowest BCUT2D eigenvalue weighted by atomic mass is 10.2. The second-order valence-electron chi connectivity index (χ2n) is 9.71. The van der Waals surface area contributed by atoms with E-state index in [9.17, 15) is 14.4 Å². The maximum atomic E-state index is 13.3. The number of nitrogens with two attached hydrogens (primary N) is 1. The molecule has 218 valence electrons. The van der Waals surface area contributed by atoms with Gasteiger partial charge in [0.25, 0.3) is 11.5 Å². The fourth-order valence-corrected chi connectivity index (χ4v) is 5.04. The normalized spacial score (nSPS) is 14.4. The molecule has 3 aromatic rings. The summed E-state index contributed by atoms with van der Waals surface area (Å²) in [6, 6.07) is 2.87. The van der Waals surface area contributed by atoms with Crippen LogP contribution in [0.2, 0.25) is 0 Å². The van der Waals surface area contributed by atoms with Gasteiger partial charge < -0.3 is 20.9 Å². The van der Waals surface area contributed by atoms with Crippen LogP contribution in [0.1, 0.15) is 43.7 Å². The van der Waals surface area contributed by atoms with Crippen LogP contribution < -0.4 is 21.9 Å². The van der Waals surface area contributed by atoms with Gasteiger partial charge >= 0.3 is 0 Å². The van der Waals surface area contributed by atoms with Gasteiger partial charge in [-0.2, -0.15) is 0 Å². The van der Waals surface area contributed by atoms with Crippen molar-refractivity contribution in [1.82, 2.24) is 24.4 Å². The summed E-state index contributed by atoms with van der Waals surface area (Å²) < 4.78 is 3.20. The van der Waals surface area contributed by atoms with Crippen LogP contribution in [0.15, 0.2) is 65.8 Å². The Labute approximate surface area is 246 Å². The van der Waals surface area contributed by atoms with Crippen molar-refractivity contribution in [3.05, 3.63) is 82.9 Å². The summed E-state index contributed by atoms with van der Waals surface area (Å²) in [6.07, 6.45) is 12.9. The van der Waals surface area contributed by atoms with Crippen LogP contribution in [0.25, 0.3) is 10.9 Å². The van der Waals surface area contributed by atoms with Gasteiger partial charge in [-0.3, -0.25) is 29.8 Å². The average molecular weight is 588 g/mol. The highest BCUT2D eigenvalue weighted by Gasteiger charge is 2.31. The summed E-state index contributed by atoms with van der Waals surface area (Å²) in [5.41, 5.74) is 7.12. The van der Waals surface area contributed by atoms with Crippen LogP contribution in [0, 0.1) is 10.8 Å². The van der Waals surface area contributed by atoms with Crippen molar-refractivity contribution < 1.29 is 9.59 Å². The first-order chi connectivity index (χ1) is 20.1. The molecule has 0 fully saturated rings. The lowest BCUT2D eigenvalue weighted by Gasteiger charge is -2.16. The summed E-state index contributed by atoms with van der Waals surface area (Å²) in [5.74, 6) is -0.380. The van der Waals surface area contributed by atoms with E-state index < -0.39 is 22.6 Å². The monoisotopic (exact) mass is 587 g/mol. The van der Waals surface area contributed by atoms with Crippen LogP contribution in [0.4, 0.5) is 11.5 Å². The molecule has 0 radical (unpaired) electrons. The molecule has 0 saturated carbocycles. The standard InChI is InChI=1S/C29H33N9O3S/c1-4-5-6-7-8-9-17(2)25(31)42-26(32)28(40)36-20-16-34-24-11-10-21(38(24)29(20)41)27(39)35-15-19-12-18-14-33-23(30)13-22(18)37(19)3/h6-9,12-14,16,21,31-32H,2,4-5,10-11,15H2,1,3H3,(H2,30,33)(H,35,39)(H,36,40)/b7-6-,9-8-,31-25?,32-26?. The zero-order chi connectivity index (χ0) is 30.4. The Bertz CT molecular complexity index is 1700. The molecule has 0 spiro atoms. The molecule has 0 bridgehead atoms. The Morgan fingerprint density at radius 2 is 2.00 bits per heavy atom. The molecule has 42 heavy (non-hydrogen) atoms. The fraction of sp³-hybridized carbons (Fsp3) is 0.276. The molecule has 3 aromatic heterocycles. The maximum Gasteiger partial charge on any atom is 0.280 e. The molecular formula is C29H33N9O3S. The molecule has 4 rings (SSSR count). The Balaban J connectivity index is 1.39. The van der Waals surface area contributed by atoms with Crippen LogP contribution >= 0.6 is 11.8 Å².